The Kier molecular flexibility index (Phi) is 6.56. The van der Waals surface area contributed by atoms with Crippen molar-refractivity contribution in [2.24, 2.45) is 0 Å². The largest absolute Gasteiger partial charge is 0.448 e. The molecule has 144 valence electrons. The zero-order valence-corrected chi connectivity index (χ0v) is 15.0. The first kappa shape index (κ1) is 20.4. The maximum atomic E-state index is 12.7. The van der Waals surface area contributed by atoms with E-state index in [-0.39, 0.29) is 11.4 Å². The van der Waals surface area contributed by atoms with Gasteiger partial charge in [-0.3, -0.25) is 4.79 Å². The van der Waals surface area contributed by atoms with E-state index >= 15 is 0 Å². The first-order valence-electron chi connectivity index (χ1n) is 7.70. The summed E-state index contributed by atoms with van der Waals surface area (Å²) in [7, 11) is 0. The first-order chi connectivity index (χ1) is 12.7. The van der Waals surface area contributed by atoms with Crippen LogP contribution >= 0.6 is 11.3 Å². The Morgan fingerprint density at radius 3 is 2.81 bits per heavy atom. The van der Waals surface area contributed by atoms with E-state index in [1.807, 2.05) is 0 Å². The third-order valence-electron chi connectivity index (χ3n) is 3.22. The van der Waals surface area contributed by atoms with Crippen LogP contribution in [0.3, 0.4) is 0 Å². The van der Waals surface area contributed by atoms with Gasteiger partial charge in [-0.15, -0.1) is 17.9 Å². The Labute approximate surface area is 157 Å². The van der Waals surface area contributed by atoms with Gasteiger partial charge in [-0.1, -0.05) is 12.1 Å². The standard InChI is InChI=1S/C17H16F3N3O3S/c1-3-7-21-16-23-13(9-27-16)15(25)26-10(2)14(24)22-12-6-4-5-11(8-12)17(18,19)20/h3-6,8-10H,1,7H2,2H3,(H,21,23)(H,22,24). The summed E-state index contributed by atoms with van der Waals surface area (Å²) in [6.07, 6.45) is -4.13. The summed E-state index contributed by atoms with van der Waals surface area (Å²) in [5.41, 5.74) is -0.931. The molecule has 10 heteroatoms. The molecular weight excluding hydrogens is 383 g/mol. The number of esters is 1. The number of nitrogens with zero attached hydrogens (tertiary/aromatic N) is 1. The highest BCUT2D eigenvalue weighted by atomic mass is 32.1. The van der Waals surface area contributed by atoms with Crippen LogP contribution < -0.4 is 10.6 Å². The molecule has 27 heavy (non-hydrogen) atoms. The van der Waals surface area contributed by atoms with Crippen molar-refractivity contribution >= 4 is 34.0 Å². The molecular formula is C17H16F3N3O3S. The highest BCUT2D eigenvalue weighted by Crippen LogP contribution is 2.30. The predicted molar refractivity (Wildman–Crippen MR) is 95.8 cm³/mol. The van der Waals surface area contributed by atoms with E-state index in [9.17, 15) is 22.8 Å². The van der Waals surface area contributed by atoms with E-state index in [4.69, 9.17) is 4.74 Å². The number of hydrogen-bond acceptors (Lipinski definition) is 6. The topological polar surface area (TPSA) is 80.3 Å². The molecule has 1 atom stereocenters. The van der Waals surface area contributed by atoms with E-state index in [1.165, 1.54) is 35.8 Å². The van der Waals surface area contributed by atoms with Crippen LogP contribution in [0.15, 0.2) is 42.3 Å². The SMILES string of the molecule is C=CCNc1nc(C(=O)OC(C)C(=O)Nc2cccc(C(F)(F)F)c2)cs1. The third kappa shape index (κ3) is 5.81. The second-order valence-electron chi connectivity index (χ2n) is 5.32. The molecule has 1 unspecified atom stereocenters. The van der Waals surface area contributed by atoms with Crippen LogP contribution in [-0.2, 0) is 15.7 Å². The lowest BCUT2D eigenvalue weighted by atomic mass is 10.2. The molecule has 6 nitrogen and oxygen atoms in total. The van der Waals surface area contributed by atoms with Crippen LogP contribution in [0.2, 0.25) is 0 Å². The molecule has 0 bridgehead atoms. The average molecular weight is 399 g/mol. The Balaban J connectivity index is 1.96. The lowest BCUT2D eigenvalue weighted by Gasteiger charge is -2.14. The van der Waals surface area contributed by atoms with Gasteiger partial charge in [0.25, 0.3) is 5.91 Å². The number of hydrogen-bond donors (Lipinski definition) is 2. The van der Waals surface area contributed by atoms with Gasteiger partial charge in [-0.2, -0.15) is 13.2 Å². The van der Waals surface area contributed by atoms with Gasteiger partial charge in [-0.25, -0.2) is 9.78 Å². The summed E-state index contributed by atoms with van der Waals surface area (Å²) in [4.78, 5) is 28.1. The normalized spacial score (nSPS) is 12.1. The second kappa shape index (κ2) is 8.67. The van der Waals surface area contributed by atoms with E-state index in [0.717, 1.165) is 12.1 Å². The molecule has 1 aromatic heterocycles. The minimum absolute atomic E-state index is 0.0188. The van der Waals surface area contributed by atoms with Gasteiger partial charge < -0.3 is 15.4 Å². The number of rotatable bonds is 7. The van der Waals surface area contributed by atoms with Gasteiger partial charge in [0.15, 0.2) is 16.9 Å². The molecule has 1 aromatic carbocycles. The molecule has 2 N–H and O–H groups in total. The number of ether oxygens (including phenoxy) is 1. The number of nitrogens with one attached hydrogen (secondary N) is 2. The Morgan fingerprint density at radius 2 is 2.15 bits per heavy atom. The Hall–Kier alpha value is -2.88. The van der Waals surface area contributed by atoms with E-state index in [0.29, 0.717) is 11.7 Å². The van der Waals surface area contributed by atoms with Gasteiger partial charge in [0.2, 0.25) is 0 Å². The lowest BCUT2D eigenvalue weighted by Crippen LogP contribution is -2.30. The monoisotopic (exact) mass is 399 g/mol. The molecule has 0 fully saturated rings. The molecule has 0 saturated heterocycles. The second-order valence-corrected chi connectivity index (χ2v) is 6.18. The fraction of sp³-hybridized carbons (Fsp3) is 0.235. The van der Waals surface area contributed by atoms with Crippen molar-refractivity contribution in [2.75, 3.05) is 17.2 Å². The maximum Gasteiger partial charge on any atom is 0.416 e. The fourth-order valence-electron chi connectivity index (χ4n) is 1.90. The van der Waals surface area contributed by atoms with Crippen LogP contribution in [-0.4, -0.2) is 29.5 Å². The van der Waals surface area contributed by atoms with E-state index < -0.39 is 29.7 Å². The lowest BCUT2D eigenvalue weighted by molar-refractivity contribution is -0.137. The smallest absolute Gasteiger partial charge is 0.416 e. The van der Waals surface area contributed by atoms with Gasteiger partial charge in [-0.05, 0) is 25.1 Å². The third-order valence-corrected chi connectivity index (χ3v) is 4.02. The molecule has 0 spiro atoms. The number of carbonyl (C=O) groups is 2. The number of alkyl halides is 3. The molecule has 2 rings (SSSR count). The molecule has 0 aliphatic heterocycles. The van der Waals surface area contributed by atoms with Crippen molar-refractivity contribution in [3.05, 3.63) is 53.6 Å². The fourth-order valence-corrected chi connectivity index (χ4v) is 2.59. The zero-order chi connectivity index (χ0) is 20.0. The number of anilines is 2. The van der Waals surface area contributed by atoms with Crippen molar-refractivity contribution in [3.63, 3.8) is 0 Å². The number of carbonyl (C=O) groups excluding carboxylic acids is 2. The number of thiazole rings is 1. The van der Waals surface area contributed by atoms with Crippen molar-refractivity contribution in [3.8, 4) is 0 Å². The molecule has 0 saturated carbocycles. The van der Waals surface area contributed by atoms with Crippen LogP contribution in [0.1, 0.15) is 23.0 Å². The van der Waals surface area contributed by atoms with Crippen molar-refractivity contribution in [1.82, 2.24) is 4.98 Å². The zero-order valence-electron chi connectivity index (χ0n) is 14.2. The minimum Gasteiger partial charge on any atom is -0.448 e. The molecule has 2 aromatic rings. The quantitative estimate of drug-likeness (QED) is 0.545. The summed E-state index contributed by atoms with van der Waals surface area (Å²) in [5.74, 6) is -1.58. The average Bonchev–Trinajstić information content (AvgIpc) is 3.08. The van der Waals surface area contributed by atoms with Crippen LogP contribution in [0.5, 0.6) is 0 Å². The number of aromatic nitrogens is 1. The number of halogens is 3. The van der Waals surface area contributed by atoms with Crippen LogP contribution in [0, 0.1) is 0 Å². The number of benzene rings is 1. The molecule has 0 aliphatic carbocycles. The van der Waals surface area contributed by atoms with E-state index in [2.05, 4.69) is 22.2 Å². The van der Waals surface area contributed by atoms with Gasteiger partial charge in [0, 0.05) is 17.6 Å². The molecule has 0 radical (unpaired) electrons. The molecule has 0 aliphatic rings. The maximum absolute atomic E-state index is 12.7. The van der Waals surface area contributed by atoms with Gasteiger partial charge >= 0.3 is 12.1 Å². The van der Waals surface area contributed by atoms with E-state index in [1.54, 1.807) is 6.08 Å². The molecule has 1 heterocycles. The highest BCUT2D eigenvalue weighted by molar-refractivity contribution is 7.13. The van der Waals surface area contributed by atoms with Crippen LogP contribution in [0.4, 0.5) is 24.0 Å². The van der Waals surface area contributed by atoms with Crippen LogP contribution in [0.25, 0.3) is 0 Å². The predicted octanol–water partition coefficient (Wildman–Crippen LogP) is 3.94. The van der Waals surface area contributed by atoms with Gasteiger partial charge in [0.1, 0.15) is 0 Å². The summed E-state index contributed by atoms with van der Waals surface area (Å²) < 4.78 is 43.1. The Bertz CT molecular complexity index is 836. The summed E-state index contributed by atoms with van der Waals surface area (Å²) in [6.45, 7) is 5.33. The van der Waals surface area contributed by atoms with Crippen molar-refractivity contribution < 1.29 is 27.5 Å². The summed E-state index contributed by atoms with van der Waals surface area (Å²) in [6, 6.07) is 4.16. The van der Waals surface area contributed by atoms with Crippen molar-refractivity contribution in [1.29, 1.82) is 0 Å². The van der Waals surface area contributed by atoms with Gasteiger partial charge in [0.05, 0.1) is 5.56 Å². The minimum atomic E-state index is -4.53. The summed E-state index contributed by atoms with van der Waals surface area (Å²) in [5, 5.41) is 7.15. The summed E-state index contributed by atoms with van der Waals surface area (Å²) >= 11 is 1.18. The first-order valence-corrected chi connectivity index (χ1v) is 8.58. The highest BCUT2D eigenvalue weighted by Gasteiger charge is 2.30. The van der Waals surface area contributed by atoms with Crippen molar-refractivity contribution in [2.45, 2.75) is 19.2 Å². The number of amides is 1. The Morgan fingerprint density at radius 1 is 1.41 bits per heavy atom. The molecule has 1 amide bonds.